The summed E-state index contributed by atoms with van der Waals surface area (Å²) >= 11 is 0. The molecule has 0 amide bonds. The number of ether oxygens (including phenoxy) is 3. The van der Waals surface area contributed by atoms with Crippen molar-refractivity contribution >= 4 is 16.9 Å². The maximum absolute atomic E-state index is 12.2. The van der Waals surface area contributed by atoms with Crippen LogP contribution in [-0.2, 0) is 6.54 Å². The number of aromatic nitrogens is 1. The van der Waals surface area contributed by atoms with E-state index < -0.39 is 5.97 Å². The van der Waals surface area contributed by atoms with Crippen LogP contribution in [0.5, 0.6) is 17.2 Å². The summed E-state index contributed by atoms with van der Waals surface area (Å²) in [5, 5.41) is 10.8. The molecule has 3 aromatic rings. The molecule has 0 radical (unpaired) electrons. The summed E-state index contributed by atoms with van der Waals surface area (Å²) < 4.78 is 17.9. The second kappa shape index (κ2) is 7.61. The number of carboxylic acid groups (broad SMARTS) is 1. The number of aromatic carboxylic acids is 1. The minimum Gasteiger partial charge on any atom is -0.497 e. The molecule has 27 heavy (non-hydrogen) atoms. The van der Waals surface area contributed by atoms with Gasteiger partial charge in [-0.2, -0.15) is 0 Å². The van der Waals surface area contributed by atoms with Crippen LogP contribution in [0.3, 0.4) is 0 Å². The molecule has 0 saturated carbocycles. The smallest absolute Gasteiger partial charge is 0.353 e. The Bertz CT molecular complexity index is 973. The summed E-state index contributed by atoms with van der Waals surface area (Å²) in [4.78, 5) is 12.2. The lowest BCUT2D eigenvalue weighted by molar-refractivity contribution is 0.0686. The minimum atomic E-state index is -0.969. The fourth-order valence-corrected chi connectivity index (χ4v) is 3.40. The molecule has 0 unspecified atom stereocenters. The highest BCUT2D eigenvalue weighted by Crippen LogP contribution is 2.41. The summed E-state index contributed by atoms with van der Waals surface area (Å²) in [6.45, 7) is 2.61. The third kappa shape index (κ3) is 3.18. The summed E-state index contributed by atoms with van der Waals surface area (Å²) in [5.74, 6) is 0.874. The number of benzene rings is 2. The SMILES string of the molecule is CCCn1c(C(=O)O)c(-c2ccc(OC)cc2)c2cc(OC)c(OC)cc21. The third-order valence-corrected chi connectivity index (χ3v) is 4.60. The standard InChI is InChI=1S/C21H23NO5/c1-5-10-22-16-12-18(27-4)17(26-3)11-15(16)19(20(22)21(23)24)13-6-8-14(25-2)9-7-13/h6-9,11-12H,5,10H2,1-4H3,(H,23,24). The molecule has 142 valence electrons. The molecule has 6 nitrogen and oxygen atoms in total. The van der Waals surface area contributed by atoms with Crippen LogP contribution in [0.2, 0.25) is 0 Å². The molecule has 1 heterocycles. The Balaban J connectivity index is 2.41. The molecule has 0 aliphatic rings. The van der Waals surface area contributed by atoms with Gasteiger partial charge in [0, 0.05) is 23.6 Å². The van der Waals surface area contributed by atoms with Gasteiger partial charge in [0.25, 0.3) is 0 Å². The number of fused-ring (bicyclic) bond motifs is 1. The van der Waals surface area contributed by atoms with Crippen molar-refractivity contribution in [1.29, 1.82) is 0 Å². The Morgan fingerprint density at radius 2 is 1.63 bits per heavy atom. The molecule has 1 aromatic heterocycles. The van der Waals surface area contributed by atoms with Gasteiger partial charge < -0.3 is 23.9 Å². The Kier molecular flexibility index (Phi) is 5.26. The number of nitrogens with zero attached hydrogens (tertiary/aromatic N) is 1. The van der Waals surface area contributed by atoms with Crippen molar-refractivity contribution in [2.45, 2.75) is 19.9 Å². The fourth-order valence-electron chi connectivity index (χ4n) is 3.40. The molecule has 0 fully saturated rings. The number of hydrogen-bond donors (Lipinski definition) is 1. The first-order chi connectivity index (χ1) is 13.0. The first-order valence-electron chi connectivity index (χ1n) is 8.71. The van der Waals surface area contributed by atoms with E-state index in [4.69, 9.17) is 14.2 Å². The van der Waals surface area contributed by atoms with Crippen LogP contribution in [0.1, 0.15) is 23.8 Å². The Morgan fingerprint density at radius 1 is 1.00 bits per heavy atom. The zero-order valence-electron chi connectivity index (χ0n) is 15.9. The minimum absolute atomic E-state index is 0.257. The molecule has 0 spiro atoms. The number of aryl methyl sites for hydroxylation is 1. The monoisotopic (exact) mass is 369 g/mol. The van der Waals surface area contributed by atoms with E-state index in [0.717, 1.165) is 22.9 Å². The molecule has 0 aliphatic heterocycles. The molecular formula is C21H23NO5. The van der Waals surface area contributed by atoms with E-state index >= 15 is 0 Å². The van der Waals surface area contributed by atoms with Gasteiger partial charge in [-0.1, -0.05) is 19.1 Å². The van der Waals surface area contributed by atoms with Gasteiger partial charge in [-0.15, -0.1) is 0 Å². The van der Waals surface area contributed by atoms with Gasteiger partial charge in [0.1, 0.15) is 11.4 Å². The maximum atomic E-state index is 12.2. The molecule has 0 atom stereocenters. The summed E-state index contributed by atoms with van der Waals surface area (Å²) in [7, 11) is 4.74. The molecule has 0 bridgehead atoms. The highest BCUT2D eigenvalue weighted by Gasteiger charge is 2.25. The van der Waals surface area contributed by atoms with Crippen molar-refractivity contribution in [3.8, 4) is 28.4 Å². The molecular weight excluding hydrogens is 346 g/mol. The van der Waals surface area contributed by atoms with E-state index in [1.807, 2.05) is 47.9 Å². The predicted molar refractivity (Wildman–Crippen MR) is 104 cm³/mol. The van der Waals surface area contributed by atoms with Crippen LogP contribution in [0.4, 0.5) is 0 Å². The van der Waals surface area contributed by atoms with Crippen LogP contribution < -0.4 is 14.2 Å². The lowest BCUT2D eigenvalue weighted by Gasteiger charge is -2.10. The van der Waals surface area contributed by atoms with Gasteiger partial charge >= 0.3 is 5.97 Å². The first-order valence-corrected chi connectivity index (χ1v) is 8.71. The Labute approximate surface area is 157 Å². The summed E-state index contributed by atoms with van der Waals surface area (Å²) in [6, 6.07) is 11.1. The van der Waals surface area contributed by atoms with Crippen molar-refractivity contribution in [1.82, 2.24) is 4.57 Å². The number of carboxylic acids is 1. The lowest BCUT2D eigenvalue weighted by atomic mass is 10.0. The molecule has 2 aromatic carbocycles. The second-order valence-corrected chi connectivity index (χ2v) is 6.13. The van der Waals surface area contributed by atoms with E-state index in [2.05, 4.69) is 0 Å². The second-order valence-electron chi connectivity index (χ2n) is 6.13. The molecule has 1 N–H and O–H groups in total. The van der Waals surface area contributed by atoms with Gasteiger partial charge in [0.05, 0.1) is 26.8 Å². The van der Waals surface area contributed by atoms with Gasteiger partial charge in [-0.05, 0) is 30.2 Å². The van der Waals surface area contributed by atoms with Gasteiger partial charge in [-0.3, -0.25) is 0 Å². The van der Waals surface area contributed by atoms with Gasteiger partial charge in [0.2, 0.25) is 0 Å². The zero-order chi connectivity index (χ0) is 19.6. The molecule has 0 saturated heterocycles. The number of methoxy groups -OCH3 is 3. The van der Waals surface area contributed by atoms with E-state index in [1.54, 1.807) is 21.3 Å². The summed E-state index contributed by atoms with van der Waals surface area (Å²) in [5.41, 5.74) is 2.53. The van der Waals surface area contributed by atoms with Gasteiger partial charge in [-0.25, -0.2) is 4.79 Å². The normalized spacial score (nSPS) is 10.8. The van der Waals surface area contributed by atoms with Crippen LogP contribution in [0, 0.1) is 0 Å². The molecule has 0 aliphatic carbocycles. The van der Waals surface area contributed by atoms with E-state index in [0.29, 0.717) is 29.4 Å². The average molecular weight is 369 g/mol. The van der Waals surface area contributed by atoms with Crippen molar-refractivity contribution < 1.29 is 24.1 Å². The fraction of sp³-hybridized carbons (Fsp3) is 0.286. The van der Waals surface area contributed by atoms with Crippen molar-refractivity contribution in [2.75, 3.05) is 21.3 Å². The van der Waals surface area contributed by atoms with Crippen molar-refractivity contribution in [3.63, 3.8) is 0 Å². The molecule has 6 heteroatoms. The van der Waals surface area contributed by atoms with Crippen LogP contribution in [-0.4, -0.2) is 37.0 Å². The highest BCUT2D eigenvalue weighted by atomic mass is 16.5. The highest BCUT2D eigenvalue weighted by molar-refractivity contribution is 6.09. The van der Waals surface area contributed by atoms with E-state index in [9.17, 15) is 9.90 Å². The Morgan fingerprint density at radius 3 is 2.15 bits per heavy atom. The van der Waals surface area contributed by atoms with Crippen molar-refractivity contribution in [3.05, 3.63) is 42.1 Å². The lowest BCUT2D eigenvalue weighted by Crippen LogP contribution is -2.09. The predicted octanol–water partition coefficient (Wildman–Crippen LogP) is 4.44. The quantitative estimate of drug-likeness (QED) is 0.667. The topological polar surface area (TPSA) is 69.9 Å². The summed E-state index contributed by atoms with van der Waals surface area (Å²) in [6.07, 6.45) is 0.806. The third-order valence-electron chi connectivity index (χ3n) is 4.60. The van der Waals surface area contributed by atoms with Gasteiger partial charge in [0.15, 0.2) is 11.5 Å². The van der Waals surface area contributed by atoms with Crippen LogP contribution in [0.25, 0.3) is 22.0 Å². The number of carbonyl (C=O) groups is 1. The van der Waals surface area contributed by atoms with Crippen LogP contribution >= 0.6 is 0 Å². The number of hydrogen-bond acceptors (Lipinski definition) is 4. The number of rotatable bonds is 7. The average Bonchev–Trinajstić information content (AvgIpc) is 3.00. The zero-order valence-corrected chi connectivity index (χ0v) is 15.9. The largest absolute Gasteiger partial charge is 0.497 e. The van der Waals surface area contributed by atoms with Crippen molar-refractivity contribution in [2.24, 2.45) is 0 Å². The molecule has 3 rings (SSSR count). The Hall–Kier alpha value is -3.15. The maximum Gasteiger partial charge on any atom is 0.353 e. The van der Waals surface area contributed by atoms with Crippen LogP contribution in [0.15, 0.2) is 36.4 Å². The first kappa shape index (κ1) is 18.6. The van der Waals surface area contributed by atoms with E-state index in [1.165, 1.54) is 0 Å². The van der Waals surface area contributed by atoms with E-state index in [-0.39, 0.29) is 5.69 Å².